The van der Waals surface area contributed by atoms with E-state index in [1.54, 1.807) is 20.8 Å². The molecular weight excluding hydrogens is 479 g/mol. The van der Waals surface area contributed by atoms with E-state index in [1.165, 1.54) is 32.1 Å². The Morgan fingerprint density at radius 1 is 0.378 bits per heavy atom. The van der Waals surface area contributed by atoms with E-state index in [2.05, 4.69) is 76.2 Å². The molecule has 0 spiro atoms. The van der Waals surface area contributed by atoms with E-state index in [4.69, 9.17) is 0 Å². The van der Waals surface area contributed by atoms with Gasteiger partial charge in [0.1, 0.15) is 0 Å². The Balaban J connectivity index is -0.000000124. The maximum absolute atomic E-state index is 12.3. The molecule has 0 atom stereocenters. The quantitative estimate of drug-likeness (QED) is 0.278. The summed E-state index contributed by atoms with van der Waals surface area (Å²) in [6, 6.07) is 0. The van der Waals surface area contributed by atoms with E-state index in [0.29, 0.717) is 17.3 Å². The van der Waals surface area contributed by atoms with Crippen LogP contribution in [0.25, 0.3) is 0 Å². The van der Waals surface area contributed by atoms with E-state index in [-0.39, 0.29) is 31.1 Å². The molecule has 0 rings (SSSR count). The monoisotopic (exact) mass is 549 g/mol. The van der Waals surface area contributed by atoms with Crippen molar-refractivity contribution in [3.05, 3.63) is 0 Å². The topological polar surface area (TPSA) is 0 Å². The van der Waals surface area contributed by atoms with Gasteiger partial charge in [-0.15, -0.1) is 0 Å². The molecule has 0 N–H and O–H groups in total. The largest absolute Gasteiger partial charge is 0.389 e. The van der Waals surface area contributed by atoms with Gasteiger partial charge in [0.05, 0.1) is 0 Å². The first kappa shape index (κ1) is 46.5. The summed E-state index contributed by atoms with van der Waals surface area (Å²) in [5.41, 5.74) is 1.07. The lowest BCUT2D eigenvalue weighted by Crippen LogP contribution is -2.13. The molecule has 0 aliphatic rings. The minimum absolute atomic E-state index is 0. The molecular formula is C32H69F5. The molecule has 0 fully saturated rings. The lowest BCUT2D eigenvalue weighted by molar-refractivity contribution is -0.139. The van der Waals surface area contributed by atoms with Gasteiger partial charge in [0.25, 0.3) is 0 Å². The number of hydrogen-bond acceptors (Lipinski definition) is 0. The number of alkyl halides is 5. The summed E-state index contributed by atoms with van der Waals surface area (Å²) >= 11 is 0. The van der Waals surface area contributed by atoms with Crippen molar-refractivity contribution in [2.75, 3.05) is 0 Å². The summed E-state index contributed by atoms with van der Waals surface area (Å²) in [6.45, 7) is 30.8. The maximum atomic E-state index is 12.3. The highest BCUT2D eigenvalue weighted by atomic mass is 19.4. The van der Waals surface area contributed by atoms with Gasteiger partial charge in [0.2, 0.25) is 5.92 Å². The van der Waals surface area contributed by atoms with E-state index < -0.39 is 18.5 Å². The van der Waals surface area contributed by atoms with Crippen LogP contribution in [-0.4, -0.2) is 12.1 Å². The van der Waals surface area contributed by atoms with Gasteiger partial charge in [0.15, 0.2) is 0 Å². The third kappa shape index (κ3) is 72.2. The molecule has 0 radical (unpaired) electrons. The molecule has 5 heteroatoms. The molecule has 0 saturated heterocycles. The van der Waals surface area contributed by atoms with Crippen molar-refractivity contribution in [3.8, 4) is 0 Å². The van der Waals surface area contributed by atoms with Crippen LogP contribution < -0.4 is 0 Å². The zero-order valence-corrected chi connectivity index (χ0v) is 27.0. The number of halogens is 5. The first-order chi connectivity index (χ1) is 15.5. The van der Waals surface area contributed by atoms with Crippen LogP contribution >= 0.6 is 0 Å². The third-order valence-electron chi connectivity index (χ3n) is 4.98. The SMILES string of the molecule is C.CC(C)(C)CCC(F)(F)F.CC(C)(C)CCCC(C)(F)F.CCCC(C)(C)C.CCCCC(C)(C)C. The number of unbranched alkanes of at least 4 members (excludes halogenated alkanes) is 1. The summed E-state index contributed by atoms with van der Waals surface area (Å²) < 4.78 is 59.4. The molecule has 0 heterocycles. The Labute approximate surface area is 231 Å². The minimum atomic E-state index is -3.99. The van der Waals surface area contributed by atoms with E-state index >= 15 is 0 Å². The van der Waals surface area contributed by atoms with Gasteiger partial charge >= 0.3 is 6.18 Å². The highest BCUT2D eigenvalue weighted by Gasteiger charge is 2.29. The predicted octanol–water partition coefficient (Wildman–Crippen LogP) is 13.9. The second-order valence-corrected chi connectivity index (χ2v) is 15.1. The summed E-state index contributed by atoms with van der Waals surface area (Å²) in [5.74, 6) is -2.48. The van der Waals surface area contributed by atoms with Gasteiger partial charge in [-0.2, -0.15) is 13.2 Å². The van der Waals surface area contributed by atoms with Crippen molar-refractivity contribution in [1.29, 1.82) is 0 Å². The van der Waals surface area contributed by atoms with E-state index in [9.17, 15) is 22.0 Å². The summed E-state index contributed by atoms with van der Waals surface area (Å²) in [4.78, 5) is 0. The Kier molecular flexibility index (Phi) is 25.8. The Morgan fingerprint density at radius 3 is 0.838 bits per heavy atom. The molecule has 0 aliphatic heterocycles. The second-order valence-electron chi connectivity index (χ2n) is 15.1. The van der Waals surface area contributed by atoms with E-state index in [0.717, 1.165) is 13.3 Å². The van der Waals surface area contributed by atoms with Crippen LogP contribution in [0.2, 0.25) is 0 Å². The van der Waals surface area contributed by atoms with Gasteiger partial charge in [0, 0.05) is 12.8 Å². The second kappa shape index (κ2) is 20.5. The molecule has 0 bridgehead atoms. The Bertz CT molecular complexity index is 444. The third-order valence-corrected chi connectivity index (χ3v) is 4.98. The lowest BCUT2D eigenvalue weighted by atomic mass is 9.89. The average molecular weight is 549 g/mol. The van der Waals surface area contributed by atoms with Gasteiger partial charge < -0.3 is 0 Å². The molecule has 0 nitrogen and oxygen atoms in total. The number of hydrogen-bond donors (Lipinski definition) is 0. The van der Waals surface area contributed by atoms with Crippen LogP contribution in [0.5, 0.6) is 0 Å². The number of rotatable bonds is 7. The van der Waals surface area contributed by atoms with Crippen molar-refractivity contribution >= 4 is 0 Å². The van der Waals surface area contributed by atoms with Gasteiger partial charge in [-0.05, 0) is 60.7 Å². The van der Waals surface area contributed by atoms with Crippen LogP contribution in [0.1, 0.15) is 175 Å². The predicted molar refractivity (Wildman–Crippen MR) is 159 cm³/mol. The molecule has 0 aliphatic carbocycles. The fourth-order valence-electron chi connectivity index (χ4n) is 2.90. The molecule has 0 amide bonds. The standard InChI is InChI=1S/C9H18F2.C8H18.C7H13F3.C7H16.CH4/c1-8(2,3)6-5-7-9(4,10)11;1-5-6-7-8(2,3)4;1-6(2,3)4-5-7(8,9)10;1-5-6-7(2,3)4;/h5-7H2,1-4H3;5-7H2,1-4H3;4-5H2,1-3H3;5-6H2,1-4H3;1H4. The summed E-state index contributed by atoms with van der Waals surface area (Å²) in [5, 5.41) is 0. The molecule has 232 valence electrons. The molecule has 0 saturated carbocycles. The molecule has 0 aromatic rings. The van der Waals surface area contributed by atoms with Crippen LogP contribution in [0, 0.1) is 21.7 Å². The van der Waals surface area contributed by atoms with Crippen molar-refractivity contribution < 1.29 is 22.0 Å². The molecule has 0 unspecified atom stereocenters. The van der Waals surface area contributed by atoms with Crippen LogP contribution in [-0.2, 0) is 0 Å². The highest BCUT2D eigenvalue weighted by molar-refractivity contribution is 4.65. The summed E-state index contributed by atoms with van der Waals surface area (Å²) in [7, 11) is 0. The van der Waals surface area contributed by atoms with Gasteiger partial charge in [-0.3, -0.25) is 0 Å². The average Bonchev–Trinajstić information content (AvgIpc) is 2.55. The van der Waals surface area contributed by atoms with Gasteiger partial charge in [-0.25, -0.2) is 8.78 Å². The van der Waals surface area contributed by atoms with Crippen LogP contribution in [0.15, 0.2) is 0 Å². The fourth-order valence-corrected chi connectivity index (χ4v) is 2.90. The first-order valence-electron chi connectivity index (χ1n) is 14.0. The van der Waals surface area contributed by atoms with Crippen LogP contribution in [0.4, 0.5) is 22.0 Å². The maximum Gasteiger partial charge on any atom is 0.389 e. The Morgan fingerprint density at radius 2 is 0.703 bits per heavy atom. The summed E-state index contributed by atoms with van der Waals surface area (Å²) in [6.07, 6.45) is 3.77. The minimum Gasteiger partial charge on any atom is -0.207 e. The van der Waals surface area contributed by atoms with Crippen LogP contribution in [0.3, 0.4) is 0 Å². The zero-order chi connectivity index (χ0) is 30.1. The smallest absolute Gasteiger partial charge is 0.207 e. The van der Waals surface area contributed by atoms with Crippen molar-refractivity contribution in [3.63, 3.8) is 0 Å². The lowest BCUT2D eigenvalue weighted by Gasteiger charge is -2.18. The van der Waals surface area contributed by atoms with Crippen molar-refractivity contribution in [2.45, 2.75) is 188 Å². The van der Waals surface area contributed by atoms with Gasteiger partial charge in [-0.1, -0.05) is 124 Å². The zero-order valence-electron chi connectivity index (χ0n) is 27.0. The molecule has 0 aromatic heterocycles. The normalized spacial score (nSPS) is 12.6. The van der Waals surface area contributed by atoms with Crippen molar-refractivity contribution in [1.82, 2.24) is 0 Å². The Hall–Kier alpha value is -0.350. The highest BCUT2D eigenvalue weighted by Crippen LogP contribution is 2.29. The van der Waals surface area contributed by atoms with E-state index in [1.807, 2.05) is 0 Å². The molecule has 0 aromatic carbocycles. The van der Waals surface area contributed by atoms with Crippen molar-refractivity contribution in [2.24, 2.45) is 21.7 Å². The molecule has 37 heavy (non-hydrogen) atoms. The fraction of sp³-hybridized carbons (Fsp3) is 1.00. The first-order valence-corrected chi connectivity index (χ1v) is 14.0.